The minimum Gasteiger partial charge on any atom is -0.398 e. The molecule has 0 bridgehead atoms. The Bertz CT molecular complexity index is 703. The summed E-state index contributed by atoms with van der Waals surface area (Å²) in [5.41, 5.74) is 8.82. The first-order valence-corrected chi connectivity index (χ1v) is 8.70. The minimum absolute atomic E-state index is 0.117. The summed E-state index contributed by atoms with van der Waals surface area (Å²) in [5, 5.41) is 0. The van der Waals surface area contributed by atoms with Crippen molar-refractivity contribution >= 4 is 29.0 Å². The van der Waals surface area contributed by atoms with E-state index in [1.54, 1.807) is 23.9 Å². The van der Waals surface area contributed by atoms with Crippen molar-refractivity contribution in [2.75, 3.05) is 22.9 Å². The average Bonchev–Trinajstić information content (AvgIpc) is 2.56. The molecule has 2 N–H and O–H groups in total. The number of amides is 1. The van der Waals surface area contributed by atoms with Gasteiger partial charge in [-0.15, -0.1) is 11.8 Å². The van der Waals surface area contributed by atoms with Gasteiger partial charge < -0.3 is 10.6 Å². The summed E-state index contributed by atoms with van der Waals surface area (Å²) in [6, 6.07) is 12.1. The highest BCUT2D eigenvalue weighted by Crippen LogP contribution is 2.32. The van der Waals surface area contributed by atoms with Crippen LogP contribution in [0.2, 0.25) is 0 Å². The highest BCUT2D eigenvalue weighted by atomic mass is 32.2. The maximum atomic E-state index is 12.9. The number of nitrogens with zero attached hydrogens (tertiary/aromatic N) is 1. The third-order valence-electron chi connectivity index (χ3n) is 3.99. The van der Waals surface area contributed by atoms with Crippen LogP contribution < -0.4 is 10.6 Å². The van der Waals surface area contributed by atoms with Gasteiger partial charge in [0, 0.05) is 35.0 Å². The van der Waals surface area contributed by atoms with Gasteiger partial charge in [0.25, 0.3) is 0 Å². The number of rotatable bonds is 4. The number of hydrogen-bond acceptors (Lipinski definition) is 3. The van der Waals surface area contributed by atoms with Gasteiger partial charge in [-0.1, -0.05) is 6.07 Å². The molecule has 0 aliphatic carbocycles. The fraction of sp³-hybridized carbons (Fsp3) is 0.278. The van der Waals surface area contributed by atoms with Gasteiger partial charge in [0.2, 0.25) is 5.91 Å². The van der Waals surface area contributed by atoms with E-state index in [0.29, 0.717) is 12.2 Å². The molecular formula is C18H19FN2OS. The van der Waals surface area contributed by atoms with Crippen LogP contribution in [0.15, 0.2) is 47.4 Å². The highest BCUT2D eigenvalue weighted by molar-refractivity contribution is 7.99. The van der Waals surface area contributed by atoms with Gasteiger partial charge in [0.05, 0.1) is 0 Å². The first-order valence-electron chi connectivity index (χ1n) is 7.71. The quantitative estimate of drug-likeness (QED) is 0.684. The molecule has 0 aromatic heterocycles. The molecule has 2 aromatic carbocycles. The summed E-state index contributed by atoms with van der Waals surface area (Å²) in [6.07, 6.45) is 2.32. The molecule has 3 nitrogen and oxygen atoms in total. The number of carbonyl (C=O) groups excluding carboxylic acids is 1. The first kappa shape index (κ1) is 15.9. The van der Waals surface area contributed by atoms with E-state index in [-0.39, 0.29) is 11.7 Å². The lowest BCUT2D eigenvalue weighted by molar-refractivity contribution is -0.118. The maximum Gasteiger partial charge on any atom is 0.227 e. The molecule has 1 amide bonds. The predicted octanol–water partition coefficient (Wildman–Crippen LogP) is 3.87. The molecule has 1 aliphatic rings. The van der Waals surface area contributed by atoms with Gasteiger partial charge in [-0.25, -0.2) is 4.39 Å². The second-order valence-electron chi connectivity index (χ2n) is 5.55. The fourth-order valence-electron chi connectivity index (χ4n) is 2.83. The van der Waals surface area contributed by atoms with Crippen LogP contribution in [0.3, 0.4) is 0 Å². The molecule has 1 aliphatic heterocycles. The molecule has 0 spiro atoms. The summed E-state index contributed by atoms with van der Waals surface area (Å²) in [7, 11) is 0. The number of anilines is 2. The molecule has 120 valence electrons. The fourth-order valence-corrected chi connectivity index (χ4v) is 3.67. The molecule has 5 heteroatoms. The molecule has 0 atom stereocenters. The van der Waals surface area contributed by atoms with Crippen LogP contribution in [-0.4, -0.2) is 18.2 Å². The van der Waals surface area contributed by atoms with Crippen molar-refractivity contribution in [2.45, 2.75) is 24.2 Å². The summed E-state index contributed by atoms with van der Waals surface area (Å²) in [5.74, 6) is 0.553. The van der Waals surface area contributed by atoms with Crippen molar-refractivity contribution < 1.29 is 9.18 Å². The van der Waals surface area contributed by atoms with Crippen LogP contribution in [0.1, 0.15) is 18.4 Å². The second-order valence-corrected chi connectivity index (χ2v) is 6.71. The minimum atomic E-state index is -0.243. The largest absolute Gasteiger partial charge is 0.398 e. The number of nitrogen functional groups attached to an aromatic ring is 1. The monoisotopic (exact) mass is 330 g/mol. The van der Waals surface area contributed by atoms with Gasteiger partial charge in [0.1, 0.15) is 5.82 Å². The van der Waals surface area contributed by atoms with Crippen LogP contribution in [0, 0.1) is 5.82 Å². The maximum absolute atomic E-state index is 12.9. The number of hydrogen-bond donors (Lipinski definition) is 1. The summed E-state index contributed by atoms with van der Waals surface area (Å²) < 4.78 is 12.9. The Labute approximate surface area is 139 Å². The van der Waals surface area contributed by atoms with E-state index in [1.807, 2.05) is 23.1 Å². The normalized spacial score (nSPS) is 13.7. The van der Waals surface area contributed by atoms with Gasteiger partial charge >= 0.3 is 0 Å². The van der Waals surface area contributed by atoms with Crippen molar-refractivity contribution in [1.29, 1.82) is 0 Å². The molecule has 2 aromatic rings. The molecule has 23 heavy (non-hydrogen) atoms. The van der Waals surface area contributed by atoms with Crippen LogP contribution in [0.25, 0.3) is 0 Å². The molecule has 0 fully saturated rings. The van der Waals surface area contributed by atoms with Gasteiger partial charge in [-0.05, 0) is 54.8 Å². The smallest absolute Gasteiger partial charge is 0.227 e. The molecule has 0 saturated carbocycles. The van der Waals surface area contributed by atoms with E-state index in [9.17, 15) is 9.18 Å². The van der Waals surface area contributed by atoms with Crippen molar-refractivity contribution in [2.24, 2.45) is 0 Å². The number of nitrogens with two attached hydrogens (primary N) is 1. The molecule has 0 radical (unpaired) electrons. The average molecular weight is 330 g/mol. The Balaban J connectivity index is 1.61. The zero-order chi connectivity index (χ0) is 16.2. The molecule has 1 heterocycles. The number of carbonyl (C=O) groups is 1. The number of fused-ring (bicyclic) bond motifs is 1. The Kier molecular flexibility index (Phi) is 4.86. The van der Waals surface area contributed by atoms with E-state index in [0.717, 1.165) is 41.2 Å². The molecular weight excluding hydrogens is 311 g/mol. The third kappa shape index (κ3) is 3.67. The van der Waals surface area contributed by atoms with Crippen molar-refractivity contribution in [1.82, 2.24) is 0 Å². The number of benzene rings is 2. The Morgan fingerprint density at radius 2 is 2.00 bits per heavy atom. The Hall–Kier alpha value is -2.01. The predicted molar refractivity (Wildman–Crippen MR) is 93.3 cm³/mol. The third-order valence-corrected chi connectivity index (χ3v) is 5.00. The van der Waals surface area contributed by atoms with Crippen molar-refractivity contribution in [3.63, 3.8) is 0 Å². The lowest BCUT2D eigenvalue weighted by Crippen LogP contribution is -2.35. The number of halogens is 1. The number of thioether (sulfide) groups is 1. The van der Waals surface area contributed by atoms with Crippen molar-refractivity contribution in [3.8, 4) is 0 Å². The SMILES string of the molecule is Nc1cccc2c1CCCN2C(=O)CCSc1ccc(F)cc1. The summed E-state index contributed by atoms with van der Waals surface area (Å²) in [6.45, 7) is 0.747. The second kappa shape index (κ2) is 7.04. The Morgan fingerprint density at radius 3 is 2.78 bits per heavy atom. The van der Waals surface area contributed by atoms with E-state index >= 15 is 0 Å². The topological polar surface area (TPSA) is 46.3 Å². The van der Waals surface area contributed by atoms with E-state index in [1.165, 1.54) is 12.1 Å². The first-order chi connectivity index (χ1) is 11.1. The van der Waals surface area contributed by atoms with E-state index in [4.69, 9.17) is 5.73 Å². The van der Waals surface area contributed by atoms with Crippen LogP contribution in [0.4, 0.5) is 15.8 Å². The molecule has 3 rings (SSSR count). The lowest BCUT2D eigenvalue weighted by atomic mass is 9.99. The van der Waals surface area contributed by atoms with Crippen LogP contribution in [0.5, 0.6) is 0 Å². The van der Waals surface area contributed by atoms with Crippen LogP contribution in [-0.2, 0) is 11.2 Å². The summed E-state index contributed by atoms with van der Waals surface area (Å²) in [4.78, 5) is 15.4. The highest BCUT2D eigenvalue weighted by Gasteiger charge is 2.23. The Morgan fingerprint density at radius 1 is 1.22 bits per heavy atom. The van der Waals surface area contributed by atoms with Crippen LogP contribution >= 0.6 is 11.8 Å². The van der Waals surface area contributed by atoms with Gasteiger partial charge in [-0.2, -0.15) is 0 Å². The van der Waals surface area contributed by atoms with E-state index < -0.39 is 0 Å². The lowest BCUT2D eigenvalue weighted by Gasteiger charge is -2.30. The zero-order valence-electron chi connectivity index (χ0n) is 12.8. The zero-order valence-corrected chi connectivity index (χ0v) is 13.6. The van der Waals surface area contributed by atoms with Crippen molar-refractivity contribution in [3.05, 3.63) is 53.8 Å². The summed E-state index contributed by atoms with van der Waals surface area (Å²) >= 11 is 1.57. The van der Waals surface area contributed by atoms with Gasteiger partial charge in [-0.3, -0.25) is 4.79 Å². The molecule has 0 saturated heterocycles. The van der Waals surface area contributed by atoms with Gasteiger partial charge in [0.15, 0.2) is 0 Å². The van der Waals surface area contributed by atoms with E-state index in [2.05, 4.69) is 0 Å². The molecule has 0 unspecified atom stereocenters. The standard InChI is InChI=1S/C18H19FN2OS/c19-13-6-8-14(9-7-13)23-12-10-18(22)21-11-2-3-15-16(20)4-1-5-17(15)21/h1,4-9H,2-3,10-12,20H2.